The van der Waals surface area contributed by atoms with E-state index in [1.807, 2.05) is 10.7 Å². The lowest BCUT2D eigenvalue weighted by atomic mass is 10.2. The normalized spacial score (nSPS) is 13.9. The first-order chi connectivity index (χ1) is 8.70. The molecule has 0 unspecified atom stereocenters. The summed E-state index contributed by atoms with van der Waals surface area (Å²) in [6.07, 6.45) is 3.09. The van der Waals surface area contributed by atoms with Crippen molar-refractivity contribution in [2.75, 3.05) is 0 Å². The van der Waals surface area contributed by atoms with E-state index in [1.54, 1.807) is 12.1 Å². The lowest BCUT2D eigenvalue weighted by molar-refractivity contribution is 0.275. The van der Waals surface area contributed by atoms with E-state index in [0.717, 1.165) is 30.6 Å². The maximum atomic E-state index is 9.34. The Morgan fingerprint density at radius 1 is 1.22 bits per heavy atom. The fourth-order valence-electron chi connectivity index (χ4n) is 2.47. The number of halogens is 2. The van der Waals surface area contributed by atoms with Gasteiger partial charge in [0.05, 0.1) is 28.0 Å². The van der Waals surface area contributed by atoms with Gasteiger partial charge in [-0.25, -0.2) is 4.68 Å². The molecule has 0 saturated carbocycles. The molecule has 3 rings (SSSR count). The van der Waals surface area contributed by atoms with Gasteiger partial charge in [0, 0.05) is 5.69 Å². The molecule has 0 fully saturated rings. The third kappa shape index (κ3) is 1.83. The predicted octanol–water partition coefficient (Wildman–Crippen LogP) is 3.16. The first-order valence-corrected chi connectivity index (χ1v) is 6.62. The first kappa shape index (κ1) is 12.0. The maximum absolute atomic E-state index is 9.34. The zero-order valence-corrected chi connectivity index (χ0v) is 11.2. The van der Waals surface area contributed by atoms with Crippen molar-refractivity contribution in [3.8, 4) is 5.69 Å². The number of nitrogens with zero attached hydrogens (tertiary/aromatic N) is 2. The summed E-state index contributed by atoms with van der Waals surface area (Å²) in [6.45, 7) is -0.0172. The zero-order valence-electron chi connectivity index (χ0n) is 9.66. The molecule has 0 spiro atoms. The average Bonchev–Trinajstić information content (AvgIpc) is 2.94. The van der Waals surface area contributed by atoms with Crippen molar-refractivity contribution in [1.29, 1.82) is 0 Å². The first-order valence-electron chi connectivity index (χ1n) is 5.86. The van der Waals surface area contributed by atoms with E-state index in [9.17, 15) is 5.11 Å². The zero-order chi connectivity index (χ0) is 12.7. The van der Waals surface area contributed by atoms with Gasteiger partial charge in [-0.3, -0.25) is 0 Å². The Kier molecular flexibility index (Phi) is 3.06. The Labute approximate surface area is 115 Å². The minimum atomic E-state index is -0.0172. The highest BCUT2D eigenvalue weighted by Crippen LogP contribution is 2.30. The Balaban J connectivity index is 2.14. The number of rotatable bonds is 2. The Morgan fingerprint density at radius 3 is 2.78 bits per heavy atom. The van der Waals surface area contributed by atoms with Crippen LogP contribution in [0.3, 0.4) is 0 Å². The van der Waals surface area contributed by atoms with E-state index in [2.05, 4.69) is 5.10 Å². The fraction of sp³-hybridized carbons (Fsp3) is 0.308. The third-order valence-corrected chi connectivity index (χ3v) is 4.05. The topological polar surface area (TPSA) is 38.1 Å². The van der Waals surface area contributed by atoms with Gasteiger partial charge >= 0.3 is 0 Å². The minimum absolute atomic E-state index is 0.0172. The smallest absolute Gasteiger partial charge is 0.0918 e. The van der Waals surface area contributed by atoms with Crippen LogP contribution in [-0.4, -0.2) is 14.9 Å². The Morgan fingerprint density at radius 2 is 2.06 bits per heavy atom. The standard InChI is InChI=1S/C13H12Cl2N2O/c14-10-5-4-8(6-11(10)15)17-13-3-1-2-9(13)12(7-18)16-17/h4-6,18H,1-3,7H2. The molecule has 2 aromatic rings. The van der Waals surface area contributed by atoms with Crippen molar-refractivity contribution in [2.45, 2.75) is 25.9 Å². The summed E-state index contributed by atoms with van der Waals surface area (Å²) in [6, 6.07) is 5.46. The molecule has 0 bridgehead atoms. The number of hydrogen-bond acceptors (Lipinski definition) is 2. The molecule has 3 nitrogen and oxygen atoms in total. The van der Waals surface area contributed by atoms with Crippen LogP contribution in [0, 0.1) is 0 Å². The van der Waals surface area contributed by atoms with Gasteiger partial charge in [-0.15, -0.1) is 0 Å². The van der Waals surface area contributed by atoms with Gasteiger partial charge in [-0.2, -0.15) is 5.10 Å². The molecule has 0 amide bonds. The highest BCUT2D eigenvalue weighted by molar-refractivity contribution is 6.42. The summed E-state index contributed by atoms with van der Waals surface area (Å²) in [5.74, 6) is 0. The maximum Gasteiger partial charge on any atom is 0.0918 e. The summed E-state index contributed by atoms with van der Waals surface area (Å²) < 4.78 is 1.87. The van der Waals surface area contributed by atoms with Crippen LogP contribution in [0.15, 0.2) is 18.2 Å². The lowest BCUT2D eigenvalue weighted by Gasteiger charge is -2.06. The quantitative estimate of drug-likeness (QED) is 0.919. The number of fused-ring (bicyclic) bond motifs is 1. The van der Waals surface area contributed by atoms with Crippen LogP contribution in [0.25, 0.3) is 5.69 Å². The van der Waals surface area contributed by atoms with Crippen LogP contribution >= 0.6 is 23.2 Å². The van der Waals surface area contributed by atoms with Gasteiger partial charge in [0.25, 0.3) is 0 Å². The van der Waals surface area contributed by atoms with Gasteiger partial charge in [-0.05, 0) is 43.0 Å². The molecule has 18 heavy (non-hydrogen) atoms. The molecule has 0 saturated heterocycles. The number of hydrogen-bond donors (Lipinski definition) is 1. The van der Waals surface area contributed by atoms with Crippen LogP contribution in [0.5, 0.6) is 0 Å². The van der Waals surface area contributed by atoms with Crippen molar-refractivity contribution >= 4 is 23.2 Å². The summed E-state index contributed by atoms with van der Waals surface area (Å²) >= 11 is 11.9. The summed E-state index contributed by atoms with van der Waals surface area (Å²) in [5.41, 5.74) is 4.02. The molecular weight excluding hydrogens is 271 g/mol. The molecule has 1 aromatic carbocycles. The Hall–Kier alpha value is -1.03. The van der Waals surface area contributed by atoms with Crippen LogP contribution in [0.4, 0.5) is 0 Å². The van der Waals surface area contributed by atoms with Crippen molar-refractivity contribution < 1.29 is 5.11 Å². The summed E-state index contributed by atoms with van der Waals surface area (Å²) in [7, 11) is 0. The lowest BCUT2D eigenvalue weighted by Crippen LogP contribution is -2.01. The average molecular weight is 283 g/mol. The minimum Gasteiger partial charge on any atom is -0.390 e. The molecule has 5 heteroatoms. The SMILES string of the molecule is OCc1nn(-c2ccc(Cl)c(Cl)c2)c2c1CCC2. The van der Waals surface area contributed by atoms with Crippen molar-refractivity contribution in [2.24, 2.45) is 0 Å². The monoisotopic (exact) mass is 282 g/mol. The molecule has 1 N–H and O–H groups in total. The number of aromatic nitrogens is 2. The second kappa shape index (κ2) is 4.57. The fourth-order valence-corrected chi connectivity index (χ4v) is 2.76. The van der Waals surface area contributed by atoms with Crippen molar-refractivity contribution in [3.63, 3.8) is 0 Å². The van der Waals surface area contributed by atoms with E-state index in [0.29, 0.717) is 10.0 Å². The van der Waals surface area contributed by atoms with Crippen LogP contribution in [-0.2, 0) is 19.4 Å². The van der Waals surface area contributed by atoms with E-state index in [4.69, 9.17) is 23.2 Å². The second-order valence-electron chi connectivity index (χ2n) is 4.39. The van der Waals surface area contributed by atoms with Gasteiger partial charge in [0.15, 0.2) is 0 Å². The molecule has 94 valence electrons. The molecule has 0 aliphatic heterocycles. The van der Waals surface area contributed by atoms with Gasteiger partial charge in [-0.1, -0.05) is 23.2 Å². The van der Waals surface area contributed by atoms with E-state index >= 15 is 0 Å². The predicted molar refractivity (Wildman–Crippen MR) is 71.5 cm³/mol. The van der Waals surface area contributed by atoms with Gasteiger partial charge in [0.1, 0.15) is 0 Å². The van der Waals surface area contributed by atoms with Crippen LogP contribution in [0.1, 0.15) is 23.4 Å². The van der Waals surface area contributed by atoms with E-state index in [1.165, 1.54) is 11.3 Å². The summed E-state index contributed by atoms with van der Waals surface area (Å²) in [4.78, 5) is 0. The molecule has 0 radical (unpaired) electrons. The van der Waals surface area contributed by atoms with Crippen molar-refractivity contribution in [3.05, 3.63) is 45.2 Å². The van der Waals surface area contributed by atoms with E-state index in [-0.39, 0.29) is 6.61 Å². The van der Waals surface area contributed by atoms with Gasteiger partial charge < -0.3 is 5.11 Å². The molecule has 0 atom stereocenters. The van der Waals surface area contributed by atoms with Gasteiger partial charge in [0.2, 0.25) is 0 Å². The molecule has 1 aromatic heterocycles. The molecule has 1 aliphatic carbocycles. The van der Waals surface area contributed by atoms with Crippen LogP contribution in [0.2, 0.25) is 10.0 Å². The van der Waals surface area contributed by atoms with Crippen molar-refractivity contribution in [1.82, 2.24) is 9.78 Å². The number of benzene rings is 1. The Bertz CT molecular complexity index is 607. The highest BCUT2D eigenvalue weighted by Gasteiger charge is 2.22. The molecular formula is C13H12Cl2N2O. The second-order valence-corrected chi connectivity index (χ2v) is 5.21. The number of aliphatic hydroxyl groups excluding tert-OH is 1. The van der Waals surface area contributed by atoms with Crippen LogP contribution < -0.4 is 0 Å². The largest absolute Gasteiger partial charge is 0.390 e. The number of aliphatic hydroxyl groups is 1. The summed E-state index contributed by atoms with van der Waals surface area (Å²) in [5, 5.41) is 14.8. The molecule has 1 heterocycles. The highest BCUT2D eigenvalue weighted by atomic mass is 35.5. The van der Waals surface area contributed by atoms with E-state index < -0.39 is 0 Å². The third-order valence-electron chi connectivity index (χ3n) is 3.31. The molecule has 1 aliphatic rings.